The monoisotopic (exact) mass is 473 g/mol. The Balaban J connectivity index is 1.46. The summed E-state index contributed by atoms with van der Waals surface area (Å²) in [6.45, 7) is 2.54. The Bertz CT molecular complexity index is 1250. The van der Waals surface area contributed by atoms with Crippen molar-refractivity contribution in [3.63, 3.8) is 0 Å². The molecule has 2 aromatic carbocycles. The minimum atomic E-state index is -0.254. The van der Waals surface area contributed by atoms with E-state index in [-0.39, 0.29) is 11.7 Å². The highest BCUT2D eigenvalue weighted by molar-refractivity contribution is 7.99. The van der Waals surface area contributed by atoms with E-state index in [9.17, 15) is 4.79 Å². The molecule has 8 nitrogen and oxygen atoms in total. The van der Waals surface area contributed by atoms with Crippen molar-refractivity contribution in [2.75, 3.05) is 12.4 Å². The van der Waals surface area contributed by atoms with Gasteiger partial charge in [0.15, 0.2) is 11.0 Å². The third kappa shape index (κ3) is 6.02. The second-order valence-electron chi connectivity index (χ2n) is 6.91. The Labute approximate surface area is 201 Å². The second kappa shape index (κ2) is 11.7. The second-order valence-corrected chi connectivity index (χ2v) is 7.85. The summed E-state index contributed by atoms with van der Waals surface area (Å²) in [5, 5.41) is 13.3. The molecule has 0 aliphatic heterocycles. The fraction of sp³-hybridized carbons (Fsp3) is 0.120. The molecule has 0 saturated heterocycles. The molecule has 4 rings (SSSR count). The highest BCUT2D eigenvalue weighted by Gasteiger charge is 2.17. The molecule has 0 atom stereocenters. The predicted molar refractivity (Wildman–Crippen MR) is 133 cm³/mol. The first-order valence-electron chi connectivity index (χ1n) is 10.6. The molecule has 0 unspecified atom stereocenters. The van der Waals surface area contributed by atoms with Crippen molar-refractivity contribution >= 4 is 30.0 Å². The average Bonchev–Trinajstić information content (AvgIpc) is 3.54. The quantitative estimate of drug-likeness (QED) is 0.201. The minimum absolute atomic E-state index is 0.128. The van der Waals surface area contributed by atoms with Crippen molar-refractivity contribution in [2.24, 2.45) is 5.10 Å². The summed E-state index contributed by atoms with van der Waals surface area (Å²) >= 11 is 1.28. The van der Waals surface area contributed by atoms with Gasteiger partial charge in [-0.25, -0.2) is 5.43 Å². The Morgan fingerprint density at radius 1 is 1.12 bits per heavy atom. The number of rotatable bonds is 10. The molecule has 2 heterocycles. The molecule has 0 saturated carbocycles. The maximum atomic E-state index is 12.3. The van der Waals surface area contributed by atoms with Crippen LogP contribution in [-0.2, 0) is 4.79 Å². The Hall–Kier alpha value is -4.11. The van der Waals surface area contributed by atoms with Crippen LogP contribution in [0.15, 0.2) is 93.7 Å². The van der Waals surface area contributed by atoms with Crippen molar-refractivity contribution in [3.05, 3.63) is 84.8 Å². The van der Waals surface area contributed by atoms with Gasteiger partial charge in [-0.15, -0.1) is 10.2 Å². The summed E-state index contributed by atoms with van der Waals surface area (Å²) in [4.78, 5) is 12.3. The fourth-order valence-corrected chi connectivity index (χ4v) is 3.81. The largest absolute Gasteiger partial charge is 0.494 e. The first kappa shape index (κ1) is 23.1. The topological polar surface area (TPSA) is 94.5 Å². The first-order chi connectivity index (χ1) is 16.7. The molecule has 0 aliphatic rings. The molecule has 0 bridgehead atoms. The van der Waals surface area contributed by atoms with Crippen LogP contribution in [0.5, 0.6) is 5.75 Å². The number of thioether (sulfide) groups is 1. The molecular weight excluding hydrogens is 450 g/mol. The maximum absolute atomic E-state index is 12.3. The highest BCUT2D eigenvalue weighted by atomic mass is 32.2. The number of carbonyl (C=O) groups excluding carboxylic acids is 1. The molecule has 0 radical (unpaired) electrons. The van der Waals surface area contributed by atoms with Crippen molar-refractivity contribution in [2.45, 2.75) is 12.1 Å². The lowest BCUT2D eigenvalue weighted by Crippen LogP contribution is -2.19. The van der Waals surface area contributed by atoms with E-state index in [1.807, 2.05) is 72.2 Å². The molecule has 34 heavy (non-hydrogen) atoms. The molecular formula is C25H23N5O3S. The summed E-state index contributed by atoms with van der Waals surface area (Å²) in [6, 6.07) is 21.1. The van der Waals surface area contributed by atoms with E-state index in [1.165, 1.54) is 18.0 Å². The van der Waals surface area contributed by atoms with Gasteiger partial charge in [0.05, 0.1) is 18.6 Å². The molecule has 0 fully saturated rings. The van der Waals surface area contributed by atoms with Crippen molar-refractivity contribution in [1.29, 1.82) is 0 Å². The number of benzene rings is 2. The van der Waals surface area contributed by atoms with E-state index in [4.69, 9.17) is 9.15 Å². The van der Waals surface area contributed by atoms with Gasteiger partial charge in [-0.2, -0.15) is 5.10 Å². The van der Waals surface area contributed by atoms with Crippen molar-refractivity contribution in [3.8, 4) is 22.8 Å². The first-order valence-corrected chi connectivity index (χ1v) is 11.6. The molecule has 172 valence electrons. The summed E-state index contributed by atoms with van der Waals surface area (Å²) in [5.74, 6) is 2.05. The van der Waals surface area contributed by atoms with Gasteiger partial charge in [-0.3, -0.25) is 9.36 Å². The number of nitrogens with one attached hydrogen (secondary N) is 1. The van der Waals surface area contributed by atoms with Crippen LogP contribution >= 0.6 is 11.8 Å². The van der Waals surface area contributed by atoms with Gasteiger partial charge in [-0.05, 0) is 55.5 Å². The van der Waals surface area contributed by atoms with E-state index in [2.05, 4.69) is 20.7 Å². The molecule has 1 amide bonds. The number of aromatic nitrogens is 3. The third-order valence-corrected chi connectivity index (χ3v) is 5.49. The van der Waals surface area contributed by atoms with Crippen molar-refractivity contribution in [1.82, 2.24) is 20.2 Å². The van der Waals surface area contributed by atoms with Gasteiger partial charge in [-0.1, -0.05) is 42.1 Å². The average molecular weight is 474 g/mol. The standard InChI is InChI=1S/C25H23N5O3S/c1-2-32-22-14-12-20(13-15-22)30-24(19-8-4-3-5-9-19)28-29-25(30)34-18-23(31)27-26-16-6-10-21-11-7-17-33-21/h3-17H,2,18H2,1H3,(H,27,31)/b10-6+,26-16-. The Kier molecular flexibility index (Phi) is 7.91. The number of amides is 1. The smallest absolute Gasteiger partial charge is 0.250 e. The van der Waals surface area contributed by atoms with Crippen LogP contribution in [-0.4, -0.2) is 39.2 Å². The van der Waals surface area contributed by atoms with Gasteiger partial charge in [0.2, 0.25) is 0 Å². The zero-order valence-corrected chi connectivity index (χ0v) is 19.3. The number of hydrogen-bond acceptors (Lipinski definition) is 7. The number of hydrogen-bond donors (Lipinski definition) is 1. The number of furan rings is 1. The molecule has 0 spiro atoms. The van der Waals surface area contributed by atoms with Gasteiger partial charge in [0, 0.05) is 17.5 Å². The van der Waals surface area contributed by atoms with Crippen LogP contribution in [0.2, 0.25) is 0 Å². The van der Waals surface area contributed by atoms with Gasteiger partial charge in [0.1, 0.15) is 11.5 Å². The fourth-order valence-electron chi connectivity index (χ4n) is 3.07. The van der Waals surface area contributed by atoms with Crippen LogP contribution in [0.25, 0.3) is 23.2 Å². The van der Waals surface area contributed by atoms with Crippen LogP contribution in [0, 0.1) is 0 Å². The van der Waals surface area contributed by atoms with E-state index in [0.717, 1.165) is 17.0 Å². The summed E-state index contributed by atoms with van der Waals surface area (Å²) in [7, 11) is 0. The zero-order valence-electron chi connectivity index (χ0n) is 18.5. The summed E-state index contributed by atoms with van der Waals surface area (Å²) in [5.41, 5.74) is 4.30. The number of nitrogens with zero attached hydrogens (tertiary/aromatic N) is 4. The van der Waals surface area contributed by atoms with Crippen molar-refractivity contribution < 1.29 is 13.9 Å². The van der Waals surface area contributed by atoms with Crippen LogP contribution in [0.3, 0.4) is 0 Å². The third-order valence-electron chi connectivity index (χ3n) is 4.56. The Morgan fingerprint density at radius 2 is 1.94 bits per heavy atom. The normalized spacial score (nSPS) is 11.3. The molecule has 1 N–H and O–H groups in total. The summed E-state index contributed by atoms with van der Waals surface area (Å²) in [6.07, 6.45) is 6.50. The van der Waals surface area contributed by atoms with Crippen LogP contribution in [0.4, 0.5) is 0 Å². The van der Waals surface area contributed by atoms with Gasteiger partial charge < -0.3 is 9.15 Å². The van der Waals surface area contributed by atoms with Gasteiger partial charge >= 0.3 is 0 Å². The number of ether oxygens (including phenoxy) is 1. The lowest BCUT2D eigenvalue weighted by molar-refractivity contribution is -0.118. The van der Waals surface area contributed by atoms with E-state index in [1.54, 1.807) is 24.5 Å². The SMILES string of the molecule is CCOc1ccc(-n2c(SCC(=O)N/N=C\C=C\c3ccco3)nnc2-c2ccccc2)cc1. The zero-order chi connectivity index (χ0) is 23.6. The highest BCUT2D eigenvalue weighted by Crippen LogP contribution is 2.28. The van der Waals surface area contributed by atoms with Crippen LogP contribution in [0.1, 0.15) is 12.7 Å². The lowest BCUT2D eigenvalue weighted by atomic mass is 10.2. The number of allylic oxidation sites excluding steroid dienone is 1. The number of carbonyl (C=O) groups is 1. The minimum Gasteiger partial charge on any atom is -0.494 e. The number of hydrazone groups is 1. The molecule has 0 aliphatic carbocycles. The van der Waals surface area contributed by atoms with E-state index in [0.29, 0.717) is 23.3 Å². The van der Waals surface area contributed by atoms with Crippen LogP contribution < -0.4 is 10.2 Å². The lowest BCUT2D eigenvalue weighted by Gasteiger charge is -2.11. The maximum Gasteiger partial charge on any atom is 0.250 e. The predicted octanol–water partition coefficient (Wildman–Crippen LogP) is 4.83. The molecule has 9 heteroatoms. The summed E-state index contributed by atoms with van der Waals surface area (Å²) < 4.78 is 12.7. The molecule has 2 aromatic heterocycles. The molecule has 4 aromatic rings. The van der Waals surface area contributed by atoms with E-state index >= 15 is 0 Å². The van der Waals surface area contributed by atoms with Gasteiger partial charge in [0.25, 0.3) is 5.91 Å². The Morgan fingerprint density at radius 3 is 2.68 bits per heavy atom. The van der Waals surface area contributed by atoms with E-state index < -0.39 is 0 Å².